The van der Waals surface area contributed by atoms with Crippen molar-refractivity contribution < 1.29 is 9.18 Å². The van der Waals surface area contributed by atoms with Crippen LogP contribution >= 0.6 is 0 Å². The van der Waals surface area contributed by atoms with Gasteiger partial charge in [-0.15, -0.1) is 0 Å². The number of hydrogen-bond acceptors (Lipinski definition) is 3. The number of aromatic nitrogens is 3. The van der Waals surface area contributed by atoms with E-state index in [4.69, 9.17) is 0 Å². The van der Waals surface area contributed by atoms with Crippen molar-refractivity contribution in [1.82, 2.24) is 19.5 Å². The van der Waals surface area contributed by atoms with E-state index in [1.807, 2.05) is 28.5 Å². The minimum absolute atomic E-state index is 0.0125. The molecule has 1 fully saturated rings. The van der Waals surface area contributed by atoms with Gasteiger partial charge in [-0.1, -0.05) is 12.1 Å². The number of halogens is 1. The molecule has 6 heteroatoms. The van der Waals surface area contributed by atoms with Gasteiger partial charge in [-0.05, 0) is 49.9 Å². The molecular weight excluding hydrogens is 331 g/mol. The number of piperidine rings is 1. The summed E-state index contributed by atoms with van der Waals surface area (Å²) in [6, 6.07) is 10.0. The average molecular weight is 352 g/mol. The summed E-state index contributed by atoms with van der Waals surface area (Å²) >= 11 is 0. The molecule has 2 aromatic heterocycles. The standard InChI is InChI=1S/C20H21FN4O/c1-14-12-19-22-10-9-18(25(19)23-14)17-4-2-3-11-24(17)20(26)13-15-5-7-16(21)8-6-15/h5-10,12,17H,2-4,11,13H2,1H3. The van der Waals surface area contributed by atoms with Gasteiger partial charge in [0.2, 0.25) is 5.91 Å². The number of fused-ring (bicyclic) bond motifs is 1. The van der Waals surface area contributed by atoms with E-state index in [2.05, 4.69) is 10.1 Å². The zero-order valence-electron chi connectivity index (χ0n) is 14.7. The van der Waals surface area contributed by atoms with E-state index in [1.165, 1.54) is 12.1 Å². The summed E-state index contributed by atoms with van der Waals surface area (Å²) in [5.74, 6) is -0.222. The molecule has 26 heavy (non-hydrogen) atoms. The summed E-state index contributed by atoms with van der Waals surface area (Å²) in [6.07, 6.45) is 5.05. The first-order valence-electron chi connectivity index (χ1n) is 8.97. The van der Waals surface area contributed by atoms with E-state index in [9.17, 15) is 9.18 Å². The molecule has 0 radical (unpaired) electrons. The first-order valence-corrected chi connectivity index (χ1v) is 8.97. The van der Waals surface area contributed by atoms with Crippen molar-refractivity contribution in [3.63, 3.8) is 0 Å². The van der Waals surface area contributed by atoms with Crippen molar-refractivity contribution in [2.24, 2.45) is 0 Å². The minimum Gasteiger partial charge on any atom is -0.334 e. The molecule has 1 unspecified atom stereocenters. The molecule has 134 valence electrons. The fourth-order valence-corrected chi connectivity index (χ4v) is 3.70. The van der Waals surface area contributed by atoms with E-state index in [1.54, 1.807) is 18.3 Å². The SMILES string of the molecule is Cc1cc2nccc(C3CCCCN3C(=O)Cc3ccc(F)cc3)n2n1. The zero-order valence-corrected chi connectivity index (χ0v) is 14.7. The summed E-state index contributed by atoms with van der Waals surface area (Å²) in [6.45, 7) is 2.67. The van der Waals surface area contributed by atoms with Gasteiger partial charge in [0.15, 0.2) is 5.65 Å². The second kappa shape index (κ2) is 6.86. The number of amides is 1. The molecule has 0 N–H and O–H groups in total. The lowest BCUT2D eigenvalue weighted by molar-refractivity contribution is -0.134. The van der Waals surface area contributed by atoms with E-state index in [-0.39, 0.29) is 24.2 Å². The lowest BCUT2D eigenvalue weighted by Crippen LogP contribution is -2.40. The van der Waals surface area contributed by atoms with Crippen molar-refractivity contribution in [2.75, 3.05) is 6.54 Å². The zero-order chi connectivity index (χ0) is 18.1. The molecule has 1 amide bonds. The molecule has 3 aromatic rings. The third-order valence-corrected chi connectivity index (χ3v) is 4.94. The molecule has 1 saturated heterocycles. The smallest absolute Gasteiger partial charge is 0.227 e. The topological polar surface area (TPSA) is 50.5 Å². The summed E-state index contributed by atoms with van der Waals surface area (Å²) in [4.78, 5) is 19.3. The second-order valence-electron chi connectivity index (χ2n) is 6.83. The molecule has 1 aliphatic rings. The number of carbonyl (C=O) groups is 1. The quantitative estimate of drug-likeness (QED) is 0.725. The van der Waals surface area contributed by atoms with Crippen LogP contribution in [-0.4, -0.2) is 31.9 Å². The Kier molecular flexibility index (Phi) is 4.41. The van der Waals surface area contributed by atoms with Crippen molar-refractivity contribution in [3.8, 4) is 0 Å². The molecule has 1 aromatic carbocycles. The summed E-state index contributed by atoms with van der Waals surface area (Å²) in [5, 5.41) is 4.55. The van der Waals surface area contributed by atoms with Gasteiger partial charge in [0.1, 0.15) is 5.82 Å². The van der Waals surface area contributed by atoms with Crippen LogP contribution in [0.25, 0.3) is 5.65 Å². The normalized spacial score (nSPS) is 17.6. The first-order chi connectivity index (χ1) is 12.6. The van der Waals surface area contributed by atoms with Gasteiger partial charge in [0.25, 0.3) is 0 Å². The number of nitrogens with zero attached hydrogens (tertiary/aromatic N) is 4. The maximum atomic E-state index is 13.1. The highest BCUT2D eigenvalue weighted by atomic mass is 19.1. The van der Waals surface area contributed by atoms with Crippen LogP contribution in [0.3, 0.4) is 0 Å². The molecule has 3 heterocycles. The monoisotopic (exact) mass is 352 g/mol. The van der Waals surface area contributed by atoms with Gasteiger partial charge < -0.3 is 4.90 Å². The Balaban J connectivity index is 1.63. The van der Waals surface area contributed by atoms with E-state index in [0.29, 0.717) is 0 Å². The van der Waals surface area contributed by atoms with E-state index >= 15 is 0 Å². The molecule has 0 saturated carbocycles. The minimum atomic E-state index is -0.287. The predicted molar refractivity (Wildman–Crippen MR) is 96.1 cm³/mol. The molecule has 5 nitrogen and oxygen atoms in total. The van der Waals surface area contributed by atoms with Gasteiger partial charge in [-0.25, -0.2) is 13.9 Å². The van der Waals surface area contributed by atoms with Crippen LogP contribution in [-0.2, 0) is 11.2 Å². The molecule has 4 rings (SSSR count). The Bertz CT molecular complexity index is 935. The van der Waals surface area contributed by atoms with Crippen LogP contribution in [0.5, 0.6) is 0 Å². The van der Waals surface area contributed by atoms with Crippen LogP contribution in [0.15, 0.2) is 42.6 Å². The maximum absolute atomic E-state index is 13.1. The van der Waals surface area contributed by atoms with Crippen LogP contribution in [0.1, 0.15) is 42.3 Å². The Morgan fingerprint density at radius 2 is 2.04 bits per heavy atom. The Morgan fingerprint density at radius 3 is 2.85 bits per heavy atom. The van der Waals surface area contributed by atoms with Crippen molar-refractivity contribution in [3.05, 3.63) is 65.4 Å². The average Bonchev–Trinajstić information content (AvgIpc) is 3.04. The highest BCUT2D eigenvalue weighted by Crippen LogP contribution is 2.31. The van der Waals surface area contributed by atoms with Gasteiger partial charge in [0, 0.05) is 18.8 Å². The lowest BCUT2D eigenvalue weighted by Gasteiger charge is -2.36. The number of hydrogen-bond donors (Lipinski definition) is 0. The predicted octanol–water partition coefficient (Wildman–Crippen LogP) is 3.47. The Morgan fingerprint density at radius 1 is 1.23 bits per heavy atom. The number of aryl methyl sites for hydroxylation is 1. The largest absolute Gasteiger partial charge is 0.334 e. The van der Waals surface area contributed by atoms with E-state index in [0.717, 1.165) is 48.4 Å². The van der Waals surface area contributed by atoms with Crippen LogP contribution in [0.4, 0.5) is 4.39 Å². The highest BCUT2D eigenvalue weighted by molar-refractivity contribution is 5.79. The number of rotatable bonds is 3. The fraction of sp³-hybridized carbons (Fsp3) is 0.350. The van der Waals surface area contributed by atoms with Gasteiger partial charge in [-0.3, -0.25) is 4.79 Å². The third kappa shape index (κ3) is 3.19. The van der Waals surface area contributed by atoms with Gasteiger partial charge in [-0.2, -0.15) is 5.10 Å². The Labute approximate surface area is 151 Å². The van der Waals surface area contributed by atoms with Crippen molar-refractivity contribution >= 4 is 11.6 Å². The summed E-state index contributed by atoms with van der Waals surface area (Å²) in [5.41, 5.74) is 3.53. The van der Waals surface area contributed by atoms with Gasteiger partial charge in [0.05, 0.1) is 23.9 Å². The van der Waals surface area contributed by atoms with Gasteiger partial charge >= 0.3 is 0 Å². The highest BCUT2D eigenvalue weighted by Gasteiger charge is 2.30. The van der Waals surface area contributed by atoms with Crippen molar-refractivity contribution in [2.45, 2.75) is 38.6 Å². The van der Waals surface area contributed by atoms with Crippen LogP contribution < -0.4 is 0 Å². The second-order valence-corrected chi connectivity index (χ2v) is 6.83. The fourth-order valence-electron chi connectivity index (χ4n) is 3.70. The molecule has 1 atom stereocenters. The first kappa shape index (κ1) is 16.7. The molecule has 0 bridgehead atoms. The van der Waals surface area contributed by atoms with Crippen molar-refractivity contribution in [1.29, 1.82) is 0 Å². The number of benzene rings is 1. The maximum Gasteiger partial charge on any atom is 0.227 e. The van der Waals surface area contributed by atoms with Crippen LogP contribution in [0.2, 0.25) is 0 Å². The molecular formula is C20H21FN4O. The Hall–Kier alpha value is -2.76. The van der Waals surface area contributed by atoms with E-state index < -0.39 is 0 Å². The number of likely N-dealkylation sites (tertiary alicyclic amines) is 1. The molecule has 0 aliphatic carbocycles. The van der Waals surface area contributed by atoms with Crippen LogP contribution in [0, 0.1) is 12.7 Å². The molecule has 0 spiro atoms. The third-order valence-electron chi connectivity index (χ3n) is 4.94. The molecule has 1 aliphatic heterocycles. The lowest BCUT2D eigenvalue weighted by atomic mass is 9.98. The summed E-state index contributed by atoms with van der Waals surface area (Å²) in [7, 11) is 0. The summed E-state index contributed by atoms with van der Waals surface area (Å²) < 4.78 is 15.0. The number of carbonyl (C=O) groups excluding carboxylic acids is 1.